The molecule has 2 aromatic rings. The predicted octanol–water partition coefficient (Wildman–Crippen LogP) is 3.31. The van der Waals surface area contributed by atoms with Crippen LogP contribution in [0.3, 0.4) is 0 Å². The molecule has 0 spiro atoms. The molecule has 3 heterocycles. The maximum Gasteiger partial charge on any atom is 0.189 e. The number of hydrogen-bond acceptors (Lipinski definition) is 4. The van der Waals surface area contributed by atoms with E-state index >= 15 is 0 Å². The van der Waals surface area contributed by atoms with Crippen molar-refractivity contribution in [3.05, 3.63) is 18.0 Å². The summed E-state index contributed by atoms with van der Waals surface area (Å²) in [6, 6.07) is 2.64. The molecule has 0 bridgehead atoms. The summed E-state index contributed by atoms with van der Waals surface area (Å²) >= 11 is 1.59. The van der Waals surface area contributed by atoms with Crippen molar-refractivity contribution in [1.82, 2.24) is 14.5 Å². The molecule has 3 rings (SSSR count). The van der Waals surface area contributed by atoms with Gasteiger partial charge in [0.05, 0.1) is 19.3 Å². The van der Waals surface area contributed by atoms with Crippen LogP contribution in [0.1, 0.15) is 32.0 Å². The quantitative estimate of drug-likeness (QED) is 0.640. The lowest BCUT2D eigenvalue weighted by Crippen LogP contribution is -2.19. The Balaban J connectivity index is 2.15. The van der Waals surface area contributed by atoms with Gasteiger partial charge in [-0.1, -0.05) is 25.6 Å². The average molecular weight is 291 g/mol. The van der Waals surface area contributed by atoms with Gasteiger partial charge in [0.2, 0.25) is 0 Å². The normalized spacial score (nSPS) is 22.8. The van der Waals surface area contributed by atoms with Gasteiger partial charge in [0.25, 0.3) is 0 Å². The highest BCUT2D eigenvalue weighted by Gasteiger charge is 2.30. The van der Waals surface area contributed by atoms with Crippen molar-refractivity contribution in [2.75, 3.05) is 19.5 Å². The van der Waals surface area contributed by atoms with Crippen LogP contribution in [0.25, 0.3) is 11.0 Å². The van der Waals surface area contributed by atoms with E-state index in [-0.39, 0.29) is 0 Å². The maximum absolute atomic E-state index is 5.72. The van der Waals surface area contributed by atoms with E-state index in [0.29, 0.717) is 12.0 Å². The van der Waals surface area contributed by atoms with E-state index in [1.807, 2.05) is 12.5 Å². The molecule has 2 unspecified atom stereocenters. The van der Waals surface area contributed by atoms with E-state index in [1.54, 1.807) is 11.8 Å². The summed E-state index contributed by atoms with van der Waals surface area (Å²) in [4.78, 5) is 9.12. The van der Waals surface area contributed by atoms with Crippen LogP contribution in [0, 0.1) is 5.92 Å². The van der Waals surface area contributed by atoms with Crippen molar-refractivity contribution in [3.63, 3.8) is 0 Å². The van der Waals surface area contributed by atoms with E-state index in [4.69, 9.17) is 9.72 Å². The third-order valence-electron chi connectivity index (χ3n) is 4.20. The first-order valence-electron chi connectivity index (χ1n) is 7.27. The minimum Gasteiger partial charge on any atom is -0.379 e. The Morgan fingerprint density at radius 3 is 2.95 bits per heavy atom. The van der Waals surface area contributed by atoms with Gasteiger partial charge in [-0.3, -0.25) is 0 Å². The SMILES string of the molecule is CCc1cc2cnc(SC)nc2n1C1COCC1CC. The molecule has 1 saturated heterocycles. The van der Waals surface area contributed by atoms with E-state index in [9.17, 15) is 0 Å². The van der Waals surface area contributed by atoms with Crippen LogP contribution in [-0.2, 0) is 11.2 Å². The first-order valence-corrected chi connectivity index (χ1v) is 8.49. The fourth-order valence-corrected chi connectivity index (χ4v) is 3.39. The summed E-state index contributed by atoms with van der Waals surface area (Å²) in [5.41, 5.74) is 2.40. The van der Waals surface area contributed by atoms with Crippen LogP contribution in [0.4, 0.5) is 0 Å². The molecule has 0 amide bonds. The van der Waals surface area contributed by atoms with Gasteiger partial charge in [0.1, 0.15) is 5.65 Å². The highest BCUT2D eigenvalue weighted by atomic mass is 32.2. The largest absolute Gasteiger partial charge is 0.379 e. The standard InChI is InChI=1S/C15H21N3OS/c1-4-10-8-19-9-13(10)18-12(5-2)6-11-7-16-15(20-3)17-14(11)18/h6-7,10,13H,4-5,8-9H2,1-3H3. The third-order valence-corrected chi connectivity index (χ3v) is 4.76. The zero-order valence-corrected chi connectivity index (χ0v) is 13.1. The Morgan fingerprint density at radius 1 is 1.40 bits per heavy atom. The first-order chi connectivity index (χ1) is 9.78. The molecule has 108 valence electrons. The van der Waals surface area contributed by atoms with Crippen molar-refractivity contribution >= 4 is 22.8 Å². The lowest BCUT2D eigenvalue weighted by molar-refractivity contribution is 0.180. The molecule has 1 aliphatic rings. The zero-order chi connectivity index (χ0) is 14.1. The molecule has 0 radical (unpaired) electrons. The van der Waals surface area contributed by atoms with Gasteiger partial charge in [-0.2, -0.15) is 0 Å². The molecule has 20 heavy (non-hydrogen) atoms. The summed E-state index contributed by atoms with van der Waals surface area (Å²) in [7, 11) is 0. The molecule has 0 aromatic carbocycles. The highest BCUT2D eigenvalue weighted by molar-refractivity contribution is 7.98. The van der Waals surface area contributed by atoms with Crippen molar-refractivity contribution in [1.29, 1.82) is 0 Å². The van der Waals surface area contributed by atoms with Gasteiger partial charge in [0, 0.05) is 23.2 Å². The van der Waals surface area contributed by atoms with E-state index < -0.39 is 0 Å². The van der Waals surface area contributed by atoms with Crippen molar-refractivity contribution in [3.8, 4) is 0 Å². The summed E-state index contributed by atoms with van der Waals surface area (Å²) in [5.74, 6) is 0.587. The number of hydrogen-bond donors (Lipinski definition) is 0. The zero-order valence-electron chi connectivity index (χ0n) is 12.3. The molecule has 4 nitrogen and oxygen atoms in total. The molecule has 1 aliphatic heterocycles. The van der Waals surface area contributed by atoms with Gasteiger partial charge in [0.15, 0.2) is 5.16 Å². The lowest BCUT2D eigenvalue weighted by atomic mass is 10.0. The molecule has 5 heteroatoms. The fraction of sp³-hybridized carbons (Fsp3) is 0.600. The number of aromatic nitrogens is 3. The van der Waals surface area contributed by atoms with E-state index in [2.05, 4.69) is 29.5 Å². The molecular formula is C15H21N3OS. The maximum atomic E-state index is 5.72. The summed E-state index contributed by atoms with van der Waals surface area (Å²) in [6.07, 6.45) is 6.12. The number of rotatable bonds is 4. The number of fused-ring (bicyclic) bond motifs is 1. The molecule has 2 atom stereocenters. The van der Waals surface area contributed by atoms with E-state index in [1.165, 1.54) is 5.69 Å². The molecule has 0 aliphatic carbocycles. The summed E-state index contributed by atoms with van der Waals surface area (Å²) in [6.45, 7) is 6.11. The van der Waals surface area contributed by atoms with Gasteiger partial charge >= 0.3 is 0 Å². The van der Waals surface area contributed by atoms with Gasteiger partial charge in [-0.25, -0.2) is 9.97 Å². The minimum atomic E-state index is 0.414. The molecule has 1 fully saturated rings. The average Bonchev–Trinajstić information content (AvgIpc) is 3.08. The van der Waals surface area contributed by atoms with Crippen molar-refractivity contribution in [2.24, 2.45) is 5.92 Å². The Kier molecular flexibility index (Phi) is 3.98. The number of ether oxygens (including phenoxy) is 1. The summed E-state index contributed by atoms with van der Waals surface area (Å²) < 4.78 is 8.12. The Bertz CT molecular complexity index is 610. The highest BCUT2D eigenvalue weighted by Crippen LogP contribution is 2.33. The van der Waals surface area contributed by atoms with Gasteiger partial charge < -0.3 is 9.30 Å². The van der Waals surface area contributed by atoms with Crippen LogP contribution >= 0.6 is 11.8 Å². The Morgan fingerprint density at radius 2 is 2.25 bits per heavy atom. The van der Waals surface area contributed by atoms with Gasteiger partial charge in [-0.05, 0) is 25.2 Å². The smallest absolute Gasteiger partial charge is 0.189 e. The number of aryl methyl sites for hydroxylation is 1. The number of nitrogens with zero attached hydrogens (tertiary/aromatic N) is 3. The van der Waals surface area contributed by atoms with Crippen LogP contribution in [0.2, 0.25) is 0 Å². The van der Waals surface area contributed by atoms with Crippen molar-refractivity contribution in [2.45, 2.75) is 37.9 Å². The first kappa shape index (κ1) is 13.9. The molecule has 2 aromatic heterocycles. The molecule has 0 N–H and O–H groups in total. The monoisotopic (exact) mass is 291 g/mol. The third kappa shape index (κ3) is 2.23. The topological polar surface area (TPSA) is 39.9 Å². The van der Waals surface area contributed by atoms with Crippen LogP contribution in [0.5, 0.6) is 0 Å². The molecular weight excluding hydrogens is 270 g/mol. The van der Waals surface area contributed by atoms with E-state index in [0.717, 1.165) is 42.2 Å². The molecule has 0 saturated carbocycles. The van der Waals surface area contributed by atoms with Crippen molar-refractivity contribution < 1.29 is 4.74 Å². The second-order valence-corrected chi connectivity index (χ2v) is 6.04. The lowest BCUT2D eigenvalue weighted by Gasteiger charge is -2.21. The summed E-state index contributed by atoms with van der Waals surface area (Å²) in [5, 5.41) is 1.98. The van der Waals surface area contributed by atoms with Crippen LogP contribution in [0.15, 0.2) is 17.4 Å². The Labute approximate surface area is 123 Å². The second-order valence-electron chi connectivity index (χ2n) is 5.27. The minimum absolute atomic E-state index is 0.414. The van der Waals surface area contributed by atoms with Crippen LogP contribution < -0.4 is 0 Å². The second kappa shape index (κ2) is 5.74. The van der Waals surface area contributed by atoms with Crippen LogP contribution in [-0.4, -0.2) is 34.0 Å². The van der Waals surface area contributed by atoms with Gasteiger partial charge in [-0.15, -0.1) is 0 Å². The fourth-order valence-electron chi connectivity index (χ4n) is 3.05. The predicted molar refractivity (Wildman–Crippen MR) is 82.3 cm³/mol. The number of thioether (sulfide) groups is 1. The Hall–Kier alpha value is -1.07.